The Balaban J connectivity index is 1.71. The van der Waals surface area contributed by atoms with Gasteiger partial charge in [-0.3, -0.25) is 4.90 Å². The van der Waals surface area contributed by atoms with E-state index >= 15 is 0 Å². The first-order valence-electron chi connectivity index (χ1n) is 7.05. The summed E-state index contributed by atoms with van der Waals surface area (Å²) in [4.78, 5) is 2.34. The van der Waals surface area contributed by atoms with Crippen LogP contribution in [0.4, 0.5) is 0 Å². The standard InChI is InChI=1S/C14H20N4O2/c1-10-8-12(11(2)19-10)14-17-16-13(20-14)9-18-6-3-4-15-5-7-18/h8,15H,3-7,9H2,1-2H3. The Morgan fingerprint density at radius 3 is 2.90 bits per heavy atom. The SMILES string of the molecule is Cc1cc(-c2nnc(CN3CCCNCC3)o2)c(C)o1. The van der Waals surface area contributed by atoms with Gasteiger partial charge in [-0.2, -0.15) is 0 Å². The fourth-order valence-electron chi connectivity index (χ4n) is 2.52. The summed E-state index contributed by atoms with van der Waals surface area (Å²) in [6.07, 6.45) is 1.15. The van der Waals surface area contributed by atoms with E-state index in [0.29, 0.717) is 18.3 Å². The van der Waals surface area contributed by atoms with Gasteiger partial charge < -0.3 is 14.2 Å². The van der Waals surface area contributed by atoms with Gasteiger partial charge in [0, 0.05) is 13.1 Å². The van der Waals surface area contributed by atoms with Gasteiger partial charge in [0.1, 0.15) is 11.5 Å². The lowest BCUT2D eigenvalue weighted by atomic mass is 10.2. The molecule has 0 amide bonds. The summed E-state index contributed by atoms with van der Waals surface area (Å²) in [5, 5.41) is 11.7. The van der Waals surface area contributed by atoms with E-state index in [-0.39, 0.29) is 0 Å². The highest BCUT2D eigenvalue weighted by atomic mass is 16.4. The Hall–Kier alpha value is -1.66. The summed E-state index contributed by atoms with van der Waals surface area (Å²) in [5.74, 6) is 2.88. The minimum atomic E-state index is 0.544. The van der Waals surface area contributed by atoms with Crippen molar-refractivity contribution in [3.05, 3.63) is 23.5 Å². The summed E-state index contributed by atoms with van der Waals surface area (Å²) in [5.41, 5.74) is 0.888. The second-order valence-corrected chi connectivity index (χ2v) is 5.21. The van der Waals surface area contributed by atoms with Crippen LogP contribution < -0.4 is 5.32 Å². The molecule has 0 saturated carbocycles. The Morgan fingerprint density at radius 2 is 2.10 bits per heavy atom. The van der Waals surface area contributed by atoms with Gasteiger partial charge in [0.05, 0.1) is 12.1 Å². The molecule has 1 saturated heterocycles. The lowest BCUT2D eigenvalue weighted by Gasteiger charge is -2.16. The Bertz CT molecular complexity index is 567. The molecule has 3 heterocycles. The maximum atomic E-state index is 5.76. The summed E-state index contributed by atoms with van der Waals surface area (Å²) in [7, 11) is 0. The zero-order chi connectivity index (χ0) is 13.9. The van der Waals surface area contributed by atoms with Gasteiger partial charge in [0.25, 0.3) is 5.89 Å². The van der Waals surface area contributed by atoms with Crippen molar-refractivity contribution in [1.82, 2.24) is 20.4 Å². The molecule has 0 radical (unpaired) electrons. The predicted molar refractivity (Wildman–Crippen MR) is 74.2 cm³/mol. The van der Waals surface area contributed by atoms with Gasteiger partial charge in [0.2, 0.25) is 5.89 Å². The molecule has 3 rings (SSSR count). The number of aromatic nitrogens is 2. The molecule has 1 aliphatic rings. The van der Waals surface area contributed by atoms with Gasteiger partial charge in [-0.15, -0.1) is 10.2 Å². The average Bonchev–Trinajstić information content (AvgIpc) is 2.89. The van der Waals surface area contributed by atoms with Crippen LogP contribution in [0.2, 0.25) is 0 Å². The van der Waals surface area contributed by atoms with Crippen molar-refractivity contribution < 1.29 is 8.83 Å². The second-order valence-electron chi connectivity index (χ2n) is 5.21. The van der Waals surface area contributed by atoms with Crippen LogP contribution in [0.3, 0.4) is 0 Å². The smallest absolute Gasteiger partial charge is 0.251 e. The molecule has 108 valence electrons. The molecule has 2 aromatic rings. The molecule has 6 nitrogen and oxygen atoms in total. The molecular weight excluding hydrogens is 256 g/mol. The van der Waals surface area contributed by atoms with Crippen molar-refractivity contribution in [2.45, 2.75) is 26.8 Å². The highest BCUT2D eigenvalue weighted by Gasteiger charge is 2.17. The predicted octanol–water partition coefficient (Wildman–Crippen LogP) is 1.74. The topological polar surface area (TPSA) is 67.3 Å². The van der Waals surface area contributed by atoms with E-state index < -0.39 is 0 Å². The van der Waals surface area contributed by atoms with E-state index in [1.807, 2.05) is 19.9 Å². The van der Waals surface area contributed by atoms with Gasteiger partial charge in [-0.05, 0) is 39.4 Å². The number of nitrogens with one attached hydrogen (secondary N) is 1. The zero-order valence-corrected chi connectivity index (χ0v) is 12.0. The third kappa shape index (κ3) is 2.91. The summed E-state index contributed by atoms with van der Waals surface area (Å²) in [6, 6.07) is 1.93. The largest absolute Gasteiger partial charge is 0.466 e. The van der Waals surface area contributed by atoms with Crippen LogP contribution in [0.1, 0.15) is 23.8 Å². The number of hydrogen-bond donors (Lipinski definition) is 1. The van der Waals surface area contributed by atoms with Crippen LogP contribution in [0.5, 0.6) is 0 Å². The number of rotatable bonds is 3. The summed E-state index contributed by atoms with van der Waals surface area (Å²) < 4.78 is 11.3. The van der Waals surface area contributed by atoms with Crippen LogP contribution in [-0.2, 0) is 6.54 Å². The summed E-state index contributed by atoms with van der Waals surface area (Å²) in [6.45, 7) is 8.71. The number of nitrogens with zero attached hydrogens (tertiary/aromatic N) is 3. The third-order valence-electron chi connectivity index (χ3n) is 3.53. The molecule has 1 aliphatic heterocycles. The van der Waals surface area contributed by atoms with Gasteiger partial charge in [-0.25, -0.2) is 0 Å². The average molecular weight is 276 g/mol. The van der Waals surface area contributed by atoms with Crippen molar-refractivity contribution in [2.24, 2.45) is 0 Å². The summed E-state index contributed by atoms with van der Waals surface area (Å²) >= 11 is 0. The molecule has 20 heavy (non-hydrogen) atoms. The first kappa shape index (κ1) is 13.3. The van der Waals surface area contributed by atoms with Crippen LogP contribution in [0.15, 0.2) is 14.9 Å². The minimum absolute atomic E-state index is 0.544. The molecule has 0 atom stereocenters. The lowest BCUT2D eigenvalue weighted by Crippen LogP contribution is -2.27. The first-order chi connectivity index (χ1) is 9.72. The first-order valence-corrected chi connectivity index (χ1v) is 7.05. The van der Waals surface area contributed by atoms with Crippen LogP contribution >= 0.6 is 0 Å². The van der Waals surface area contributed by atoms with E-state index in [9.17, 15) is 0 Å². The van der Waals surface area contributed by atoms with Crippen LogP contribution in [0, 0.1) is 13.8 Å². The quantitative estimate of drug-likeness (QED) is 0.921. The van der Waals surface area contributed by atoms with E-state index in [1.54, 1.807) is 0 Å². The molecule has 0 aliphatic carbocycles. The highest BCUT2D eigenvalue weighted by Crippen LogP contribution is 2.25. The van der Waals surface area contributed by atoms with Crippen molar-refractivity contribution in [3.8, 4) is 11.5 Å². The normalized spacial score (nSPS) is 17.3. The number of hydrogen-bond acceptors (Lipinski definition) is 6. The Labute approximate surface area is 118 Å². The third-order valence-corrected chi connectivity index (χ3v) is 3.53. The number of aryl methyl sites for hydroxylation is 2. The lowest BCUT2D eigenvalue weighted by molar-refractivity contribution is 0.255. The van der Waals surface area contributed by atoms with E-state index in [1.165, 1.54) is 0 Å². The fraction of sp³-hybridized carbons (Fsp3) is 0.571. The second kappa shape index (κ2) is 5.76. The van der Waals surface area contributed by atoms with E-state index in [0.717, 1.165) is 49.7 Å². The van der Waals surface area contributed by atoms with Crippen molar-refractivity contribution in [2.75, 3.05) is 26.2 Å². The molecule has 2 aromatic heterocycles. The van der Waals surface area contributed by atoms with E-state index in [2.05, 4.69) is 20.4 Å². The molecule has 0 spiro atoms. The maximum absolute atomic E-state index is 5.76. The van der Waals surface area contributed by atoms with Crippen molar-refractivity contribution >= 4 is 0 Å². The van der Waals surface area contributed by atoms with E-state index in [4.69, 9.17) is 8.83 Å². The van der Waals surface area contributed by atoms with Gasteiger partial charge >= 0.3 is 0 Å². The minimum Gasteiger partial charge on any atom is -0.466 e. The van der Waals surface area contributed by atoms with Crippen LogP contribution in [0.25, 0.3) is 11.5 Å². The fourth-order valence-corrected chi connectivity index (χ4v) is 2.52. The molecule has 1 fully saturated rings. The molecule has 6 heteroatoms. The van der Waals surface area contributed by atoms with Crippen LogP contribution in [-0.4, -0.2) is 41.3 Å². The monoisotopic (exact) mass is 276 g/mol. The number of furan rings is 1. The highest BCUT2D eigenvalue weighted by molar-refractivity contribution is 5.55. The maximum Gasteiger partial charge on any atom is 0.251 e. The van der Waals surface area contributed by atoms with Crippen molar-refractivity contribution in [1.29, 1.82) is 0 Å². The Kier molecular flexibility index (Phi) is 3.84. The van der Waals surface area contributed by atoms with Crippen molar-refractivity contribution in [3.63, 3.8) is 0 Å². The van der Waals surface area contributed by atoms with Gasteiger partial charge in [-0.1, -0.05) is 0 Å². The molecular formula is C14H20N4O2. The molecule has 0 unspecified atom stereocenters. The molecule has 0 aromatic carbocycles. The zero-order valence-electron chi connectivity index (χ0n) is 12.0. The Morgan fingerprint density at radius 1 is 1.20 bits per heavy atom. The molecule has 0 bridgehead atoms. The van der Waals surface area contributed by atoms with Gasteiger partial charge in [0.15, 0.2) is 0 Å². The molecule has 1 N–H and O–H groups in total.